The zero-order valence-corrected chi connectivity index (χ0v) is 12.7. The van der Waals surface area contributed by atoms with Gasteiger partial charge in [0.1, 0.15) is 11.3 Å². The Morgan fingerprint density at radius 3 is 2.96 bits per heavy atom. The molecular weight excluding hydrogens is 296 g/mol. The minimum absolute atomic E-state index is 0.158. The number of fused-ring (bicyclic) bond motifs is 1. The molecule has 0 radical (unpaired) electrons. The van der Waals surface area contributed by atoms with Crippen molar-refractivity contribution < 1.29 is 19.7 Å². The molecular formula is C17H20N2O4. The van der Waals surface area contributed by atoms with Crippen LogP contribution >= 0.6 is 0 Å². The van der Waals surface area contributed by atoms with Crippen molar-refractivity contribution >= 4 is 16.8 Å². The molecule has 6 heteroatoms. The van der Waals surface area contributed by atoms with E-state index in [1.54, 1.807) is 12.3 Å². The number of aromatic nitrogens is 1. The highest BCUT2D eigenvalue weighted by molar-refractivity contribution is 5.85. The quantitative estimate of drug-likeness (QED) is 0.783. The number of ether oxygens (including phenoxy) is 1. The average molecular weight is 316 g/mol. The maximum absolute atomic E-state index is 12.0. The number of hydrogen-bond donors (Lipinski definition) is 3. The molecule has 1 aromatic carbocycles. The van der Waals surface area contributed by atoms with Crippen molar-refractivity contribution in [2.75, 3.05) is 6.61 Å². The molecule has 23 heavy (non-hydrogen) atoms. The van der Waals surface area contributed by atoms with Crippen LogP contribution in [0.4, 0.5) is 0 Å². The Balaban J connectivity index is 1.60. The van der Waals surface area contributed by atoms with Gasteiger partial charge in [0.15, 0.2) is 6.61 Å². The van der Waals surface area contributed by atoms with Crippen molar-refractivity contribution in [2.24, 2.45) is 0 Å². The average Bonchev–Trinajstić information content (AvgIpc) is 2.57. The second-order valence-electron chi connectivity index (χ2n) is 5.78. The highest BCUT2D eigenvalue weighted by atomic mass is 16.5. The molecule has 3 atom stereocenters. The van der Waals surface area contributed by atoms with Gasteiger partial charge < -0.3 is 20.3 Å². The third-order valence-corrected chi connectivity index (χ3v) is 4.12. The van der Waals surface area contributed by atoms with E-state index in [0.717, 1.165) is 11.8 Å². The van der Waals surface area contributed by atoms with E-state index in [1.165, 1.54) is 0 Å². The minimum atomic E-state index is -0.924. The SMILES string of the molecule is O=C(COc1cccc2cccnc12)N[C@@H]1CCC[C@@H](O)[C@@H]1O. The van der Waals surface area contributed by atoms with Crippen LogP contribution in [0.3, 0.4) is 0 Å². The molecule has 1 fully saturated rings. The fourth-order valence-electron chi connectivity index (χ4n) is 2.90. The smallest absolute Gasteiger partial charge is 0.258 e. The van der Waals surface area contributed by atoms with Gasteiger partial charge in [0.25, 0.3) is 5.91 Å². The first kappa shape index (κ1) is 15.7. The van der Waals surface area contributed by atoms with Crippen LogP contribution in [0.2, 0.25) is 0 Å². The summed E-state index contributed by atoms with van der Waals surface area (Å²) in [5.41, 5.74) is 0.705. The number of carbonyl (C=O) groups is 1. The number of aliphatic hydroxyl groups excluding tert-OH is 2. The van der Waals surface area contributed by atoms with Crippen molar-refractivity contribution in [3.05, 3.63) is 36.5 Å². The molecule has 1 amide bonds. The molecule has 0 unspecified atom stereocenters. The van der Waals surface area contributed by atoms with Crippen molar-refractivity contribution in [1.29, 1.82) is 0 Å². The number of benzene rings is 1. The Labute approximate surface area is 134 Å². The highest BCUT2D eigenvalue weighted by Gasteiger charge is 2.31. The lowest BCUT2D eigenvalue weighted by Crippen LogP contribution is -2.51. The number of carbonyl (C=O) groups excluding carboxylic acids is 1. The molecule has 1 aromatic heterocycles. The number of nitrogens with zero attached hydrogens (tertiary/aromatic N) is 1. The number of pyridine rings is 1. The van der Waals surface area contributed by atoms with Gasteiger partial charge in [0.05, 0.1) is 18.2 Å². The number of rotatable bonds is 4. The molecule has 6 nitrogen and oxygen atoms in total. The first-order valence-electron chi connectivity index (χ1n) is 7.77. The van der Waals surface area contributed by atoms with E-state index in [2.05, 4.69) is 10.3 Å². The van der Waals surface area contributed by atoms with Crippen LogP contribution in [0, 0.1) is 0 Å². The molecule has 0 aliphatic heterocycles. The van der Waals surface area contributed by atoms with Gasteiger partial charge in [-0.05, 0) is 31.4 Å². The van der Waals surface area contributed by atoms with E-state index in [4.69, 9.17) is 4.74 Å². The van der Waals surface area contributed by atoms with E-state index in [-0.39, 0.29) is 12.5 Å². The highest BCUT2D eigenvalue weighted by Crippen LogP contribution is 2.23. The lowest BCUT2D eigenvalue weighted by Gasteiger charge is -2.32. The van der Waals surface area contributed by atoms with E-state index >= 15 is 0 Å². The first-order chi connectivity index (χ1) is 11.1. The van der Waals surface area contributed by atoms with Crippen LogP contribution in [0.25, 0.3) is 10.9 Å². The molecule has 1 saturated carbocycles. The van der Waals surface area contributed by atoms with Gasteiger partial charge >= 0.3 is 0 Å². The molecule has 1 aliphatic carbocycles. The number of para-hydroxylation sites is 1. The first-order valence-corrected chi connectivity index (χ1v) is 7.77. The van der Waals surface area contributed by atoms with Gasteiger partial charge in [-0.2, -0.15) is 0 Å². The monoisotopic (exact) mass is 316 g/mol. The summed E-state index contributed by atoms with van der Waals surface area (Å²) in [6, 6.07) is 8.87. The van der Waals surface area contributed by atoms with Crippen LogP contribution in [0.15, 0.2) is 36.5 Å². The maximum Gasteiger partial charge on any atom is 0.258 e. The Morgan fingerprint density at radius 2 is 2.09 bits per heavy atom. The molecule has 1 aliphatic rings. The normalized spacial score (nSPS) is 24.3. The number of hydrogen-bond acceptors (Lipinski definition) is 5. The van der Waals surface area contributed by atoms with Gasteiger partial charge in [0, 0.05) is 11.6 Å². The predicted octanol–water partition coefficient (Wildman–Crippen LogP) is 1.00. The molecule has 122 valence electrons. The maximum atomic E-state index is 12.0. The lowest BCUT2D eigenvalue weighted by atomic mass is 9.90. The standard InChI is InChI=1S/C17H20N2O4/c20-13-7-2-6-12(17(13)22)19-15(21)10-23-14-8-1-4-11-5-3-9-18-16(11)14/h1,3-5,8-9,12-13,17,20,22H,2,6-7,10H2,(H,19,21)/t12-,13-,17-/m1/s1. The van der Waals surface area contributed by atoms with Crippen molar-refractivity contribution in [3.8, 4) is 5.75 Å². The second kappa shape index (κ2) is 6.93. The summed E-state index contributed by atoms with van der Waals surface area (Å²) in [6.45, 7) is -0.158. The largest absolute Gasteiger partial charge is 0.481 e. The summed E-state index contributed by atoms with van der Waals surface area (Å²) in [5.74, 6) is 0.221. The van der Waals surface area contributed by atoms with Crippen LogP contribution in [-0.4, -0.2) is 46.0 Å². The molecule has 3 N–H and O–H groups in total. The fourth-order valence-corrected chi connectivity index (χ4v) is 2.90. The third kappa shape index (κ3) is 3.60. The van der Waals surface area contributed by atoms with Crippen LogP contribution in [0.1, 0.15) is 19.3 Å². The third-order valence-electron chi connectivity index (χ3n) is 4.12. The number of nitrogens with one attached hydrogen (secondary N) is 1. The summed E-state index contributed by atoms with van der Waals surface area (Å²) < 4.78 is 5.57. The molecule has 0 saturated heterocycles. The van der Waals surface area contributed by atoms with Crippen molar-refractivity contribution in [3.63, 3.8) is 0 Å². The van der Waals surface area contributed by atoms with Gasteiger partial charge in [-0.25, -0.2) is 0 Å². The van der Waals surface area contributed by atoms with Gasteiger partial charge in [-0.3, -0.25) is 9.78 Å². The van der Waals surface area contributed by atoms with Crippen LogP contribution in [0.5, 0.6) is 5.75 Å². The van der Waals surface area contributed by atoms with Crippen molar-refractivity contribution in [1.82, 2.24) is 10.3 Å². The van der Waals surface area contributed by atoms with Crippen LogP contribution < -0.4 is 10.1 Å². The zero-order valence-electron chi connectivity index (χ0n) is 12.7. The molecule has 3 rings (SSSR count). The predicted molar refractivity (Wildman–Crippen MR) is 85.0 cm³/mol. The molecule has 0 bridgehead atoms. The van der Waals surface area contributed by atoms with E-state index in [1.807, 2.05) is 24.3 Å². The Kier molecular flexibility index (Phi) is 4.73. The van der Waals surface area contributed by atoms with Gasteiger partial charge in [0.2, 0.25) is 0 Å². The van der Waals surface area contributed by atoms with E-state index in [9.17, 15) is 15.0 Å². The topological polar surface area (TPSA) is 91.7 Å². The summed E-state index contributed by atoms with van der Waals surface area (Å²) in [6.07, 6.45) is 1.96. The Morgan fingerprint density at radius 1 is 1.26 bits per heavy atom. The fraction of sp³-hybridized carbons (Fsp3) is 0.412. The molecule has 1 heterocycles. The number of amides is 1. The summed E-state index contributed by atoms with van der Waals surface area (Å²) in [5, 5.41) is 23.2. The molecule has 2 aromatic rings. The Hall–Kier alpha value is -2.18. The second-order valence-corrected chi connectivity index (χ2v) is 5.78. The lowest BCUT2D eigenvalue weighted by molar-refractivity contribution is -0.126. The van der Waals surface area contributed by atoms with E-state index in [0.29, 0.717) is 24.1 Å². The summed E-state index contributed by atoms with van der Waals surface area (Å²) in [7, 11) is 0. The van der Waals surface area contributed by atoms with Gasteiger partial charge in [-0.15, -0.1) is 0 Å². The minimum Gasteiger partial charge on any atom is -0.481 e. The summed E-state index contributed by atoms with van der Waals surface area (Å²) >= 11 is 0. The molecule has 0 spiro atoms. The Bertz CT molecular complexity index is 686. The van der Waals surface area contributed by atoms with Crippen molar-refractivity contribution in [2.45, 2.75) is 37.5 Å². The number of aliphatic hydroxyl groups is 2. The van der Waals surface area contributed by atoms with Crippen LogP contribution in [-0.2, 0) is 4.79 Å². The van der Waals surface area contributed by atoms with E-state index < -0.39 is 18.2 Å². The van der Waals surface area contributed by atoms with Gasteiger partial charge in [-0.1, -0.05) is 18.2 Å². The zero-order chi connectivity index (χ0) is 16.2. The summed E-state index contributed by atoms with van der Waals surface area (Å²) in [4.78, 5) is 16.3.